The summed E-state index contributed by atoms with van der Waals surface area (Å²) in [6, 6.07) is 0. The van der Waals surface area contributed by atoms with Gasteiger partial charge in [0.2, 0.25) is 0 Å². The van der Waals surface area contributed by atoms with Crippen LogP contribution >= 0.6 is 23.2 Å². The first kappa shape index (κ1) is 6.86. The third-order valence-electron chi connectivity index (χ3n) is 0.381. The zero-order chi connectivity index (χ0) is 5.86. The predicted octanol–water partition coefficient (Wildman–Crippen LogP) is 2.38. The molecule has 1 N–H and O–H groups in total. The Hall–Kier alpha value is -0.140. The molecule has 40 valence electrons. The lowest BCUT2D eigenvalue weighted by Crippen LogP contribution is -1.72. The lowest BCUT2D eigenvalue weighted by atomic mass is 10.6. The Bertz CT molecular complexity index is 106. The summed E-state index contributed by atoms with van der Waals surface area (Å²) in [4.78, 5) is 0. The van der Waals surface area contributed by atoms with Crippen LogP contribution in [0.4, 0.5) is 0 Å². The highest BCUT2D eigenvalue weighted by Gasteiger charge is 1.89. The highest BCUT2D eigenvalue weighted by atomic mass is 35.5. The molecule has 1 nitrogen and oxygen atoms in total. The SMILES string of the molecule is C=C(Cl)/C(O)=C/Cl. The molecule has 0 aromatic carbocycles. The van der Waals surface area contributed by atoms with Gasteiger partial charge in [-0.25, -0.2) is 0 Å². The first-order valence-corrected chi connectivity index (χ1v) is 2.34. The van der Waals surface area contributed by atoms with E-state index in [1.807, 2.05) is 0 Å². The Labute approximate surface area is 51.9 Å². The summed E-state index contributed by atoms with van der Waals surface area (Å²) in [6.45, 7) is 3.19. The van der Waals surface area contributed by atoms with Gasteiger partial charge in [-0.05, 0) is 0 Å². The highest BCUT2D eigenvalue weighted by Crippen LogP contribution is 2.07. The normalized spacial score (nSPS) is 11.4. The molecule has 7 heavy (non-hydrogen) atoms. The van der Waals surface area contributed by atoms with Gasteiger partial charge in [0.05, 0.1) is 5.03 Å². The standard InChI is InChI=1S/C4H4Cl2O/c1-3(6)4(7)2-5/h2,7H,1H2/b4-2-. The topological polar surface area (TPSA) is 20.2 Å². The largest absolute Gasteiger partial charge is 0.505 e. The minimum atomic E-state index is -0.191. The van der Waals surface area contributed by atoms with Crippen molar-refractivity contribution in [2.75, 3.05) is 0 Å². The molecule has 0 rings (SSSR count). The van der Waals surface area contributed by atoms with Crippen LogP contribution in [0.15, 0.2) is 22.9 Å². The second kappa shape index (κ2) is 2.94. The molecular weight excluding hydrogens is 135 g/mol. The number of hydrogen-bond donors (Lipinski definition) is 1. The van der Waals surface area contributed by atoms with Gasteiger partial charge in [-0.15, -0.1) is 0 Å². The molecule has 0 bridgehead atoms. The van der Waals surface area contributed by atoms with E-state index in [0.29, 0.717) is 0 Å². The van der Waals surface area contributed by atoms with E-state index in [-0.39, 0.29) is 10.8 Å². The molecule has 0 aromatic heterocycles. The average Bonchev–Trinajstić information content (AvgIpc) is 1.65. The van der Waals surface area contributed by atoms with Gasteiger partial charge < -0.3 is 5.11 Å². The van der Waals surface area contributed by atoms with E-state index in [0.717, 1.165) is 5.54 Å². The maximum atomic E-state index is 8.43. The summed E-state index contributed by atoms with van der Waals surface area (Å²) in [5.74, 6) is -0.191. The van der Waals surface area contributed by atoms with E-state index >= 15 is 0 Å². The Morgan fingerprint density at radius 3 is 2.14 bits per heavy atom. The van der Waals surface area contributed by atoms with Gasteiger partial charge in [0.1, 0.15) is 5.76 Å². The van der Waals surface area contributed by atoms with Crippen LogP contribution in [-0.4, -0.2) is 5.11 Å². The first-order chi connectivity index (χ1) is 3.18. The molecule has 0 saturated heterocycles. The van der Waals surface area contributed by atoms with E-state index < -0.39 is 0 Å². The highest BCUT2D eigenvalue weighted by molar-refractivity contribution is 6.33. The van der Waals surface area contributed by atoms with Crippen molar-refractivity contribution in [2.45, 2.75) is 0 Å². The van der Waals surface area contributed by atoms with Crippen molar-refractivity contribution < 1.29 is 5.11 Å². The number of rotatable bonds is 1. The second-order valence-electron chi connectivity index (χ2n) is 0.899. The second-order valence-corrected chi connectivity index (χ2v) is 1.57. The molecule has 0 aliphatic rings. The maximum absolute atomic E-state index is 8.43. The molecule has 0 unspecified atom stereocenters. The van der Waals surface area contributed by atoms with Crippen molar-refractivity contribution in [3.05, 3.63) is 22.9 Å². The van der Waals surface area contributed by atoms with Crippen LogP contribution in [0.3, 0.4) is 0 Å². The third kappa shape index (κ3) is 2.54. The molecule has 0 aliphatic carbocycles. The molecular formula is C4H4Cl2O. The lowest BCUT2D eigenvalue weighted by Gasteiger charge is -1.87. The van der Waals surface area contributed by atoms with Crippen LogP contribution in [-0.2, 0) is 0 Å². The number of allylic oxidation sites excluding steroid dienone is 1. The molecule has 0 saturated carbocycles. The molecule has 0 fully saturated rings. The van der Waals surface area contributed by atoms with Crippen LogP contribution < -0.4 is 0 Å². The van der Waals surface area contributed by atoms with Gasteiger partial charge in [0.25, 0.3) is 0 Å². The average molecular weight is 139 g/mol. The fourth-order valence-electron chi connectivity index (χ4n) is 0.0592. The molecule has 0 amide bonds. The Morgan fingerprint density at radius 2 is 2.14 bits per heavy atom. The monoisotopic (exact) mass is 138 g/mol. The van der Waals surface area contributed by atoms with Gasteiger partial charge in [-0.3, -0.25) is 0 Å². The molecule has 3 heteroatoms. The summed E-state index contributed by atoms with van der Waals surface area (Å²) >= 11 is 10.1. The molecule has 0 spiro atoms. The van der Waals surface area contributed by atoms with Crippen molar-refractivity contribution in [2.24, 2.45) is 0 Å². The summed E-state index contributed by atoms with van der Waals surface area (Å²) in [5, 5.41) is 8.48. The van der Waals surface area contributed by atoms with E-state index in [2.05, 4.69) is 6.58 Å². The predicted molar refractivity (Wildman–Crippen MR) is 31.6 cm³/mol. The van der Waals surface area contributed by atoms with Crippen molar-refractivity contribution in [3.63, 3.8) is 0 Å². The van der Waals surface area contributed by atoms with Crippen molar-refractivity contribution in [1.29, 1.82) is 0 Å². The van der Waals surface area contributed by atoms with Crippen LogP contribution in [0, 0.1) is 0 Å². The summed E-state index contributed by atoms with van der Waals surface area (Å²) in [5.41, 5.74) is 0.954. The summed E-state index contributed by atoms with van der Waals surface area (Å²) < 4.78 is 0. The Morgan fingerprint density at radius 1 is 1.71 bits per heavy atom. The molecule has 0 heterocycles. The maximum Gasteiger partial charge on any atom is 0.144 e. The molecule has 0 radical (unpaired) electrons. The van der Waals surface area contributed by atoms with Gasteiger partial charge >= 0.3 is 0 Å². The molecule has 0 aromatic rings. The minimum Gasteiger partial charge on any atom is -0.505 e. The zero-order valence-electron chi connectivity index (χ0n) is 3.49. The Balaban J connectivity index is 3.82. The number of halogens is 2. The van der Waals surface area contributed by atoms with Crippen LogP contribution in [0.5, 0.6) is 0 Å². The van der Waals surface area contributed by atoms with Gasteiger partial charge in [0, 0.05) is 5.54 Å². The summed E-state index contributed by atoms with van der Waals surface area (Å²) in [6.07, 6.45) is 0. The van der Waals surface area contributed by atoms with Crippen LogP contribution in [0.2, 0.25) is 0 Å². The quantitative estimate of drug-likeness (QED) is 0.436. The fraction of sp³-hybridized carbons (Fsp3) is 0. The smallest absolute Gasteiger partial charge is 0.144 e. The van der Waals surface area contributed by atoms with Crippen molar-refractivity contribution in [1.82, 2.24) is 0 Å². The lowest BCUT2D eigenvalue weighted by molar-refractivity contribution is 0.431. The van der Waals surface area contributed by atoms with Crippen LogP contribution in [0.1, 0.15) is 0 Å². The van der Waals surface area contributed by atoms with Crippen molar-refractivity contribution in [3.8, 4) is 0 Å². The zero-order valence-corrected chi connectivity index (χ0v) is 5.00. The molecule has 0 atom stereocenters. The first-order valence-electron chi connectivity index (χ1n) is 1.52. The van der Waals surface area contributed by atoms with Gasteiger partial charge in [-0.1, -0.05) is 29.8 Å². The van der Waals surface area contributed by atoms with E-state index in [1.165, 1.54) is 0 Å². The van der Waals surface area contributed by atoms with Crippen LogP contribution in [0.25, 0.3) is 0 Å². The minimum absolute atomic E-state index is 0.0509. The van der Waals surface area contributed by atoms with Gasteiger partial charge in [0.15, 0.2) is 0 Å². The molecule has 0 aliphatic heterocycles. The van der Waals surface area contributed by atoms with E-state index in [1.54, 1.807) is 0 Å². The Kier molecular flexibility index (Phi) is 2.88. The number of aliphatic hydroxyl groups excluding tert-OH is 1. The third-order valence-corrected chi connectivity index (χ3v) is 0.782. The van der Waals surface area contributed by atoms with E-state index in [4.69, 9.17) is 28.3 Å². The van der Waals surface area contributed by atoms with E-state index in [9.17, 15) is 0 Å². The van der Waals surface area contributed by atoms with Gasteiger partial charge in [-0.2, -0.15) is 0 Å². The number of aliphatic hydroxyl groups is 1. The van der Waals surface area contributed by atoms with Crippen molar-refractivity contribution >= 4 is 23.2 Å². The fourth-order valence-corrected chi connectivity index (χ4v) is 0.301. The number of hydrogen-bond acceptors (Lipinski definition) is 1. The summed E-state index contributed by atoms with van der Waals surface area (Å²) in [7, 11) is 0.